The molecule has 2 heterocycles. The van der Waals surface area contributed by atoms with Crippen LogP contribution in [0.2, 0.25) is 0 Å². The Morgan fingerprint density at radius 1 is 1.06 bits per heavy atom. The first-order valence-corrected chi connectivity index (χ1v) is 11.6. The number of allylic oxidation sites excluding steroid dienone is 9. The molecule has 1 aromatic carbocycles. The average molecular weight is 426 g/mol. The van der Waals surface area contributed by atoms with Crippen LogP contribution in [-0.4, -0.2) is 35.8 Å². The van der Waals surface area contributed by atoms with Gasteiger partial charge in [0, 0.05) is 49.3 Å². The zero-order valence-electron chi connectivity index (χ0n) is 18.0. The van der Waals surface area contributed by atoms with Crippen LogP contribution in [0.1, 0.15) is 37.2 Å². The summed E-state index contributed by atoms with van der Waals surface area (Å²) in [6.07, 6.45) is 16.3. The van der Waals surface area contributed by atoms with E-state index in [9.17, 15) is 9.59 Å². The lowest BCUT2D eigenvalue weighted by Crippen LogP contribution is -2.46. The number of para-hydroxylation sites is 1. The van der Waals surface area contributed by atoms with Gasteiger partial charge in [0.05, 0.1) is 5.92 Å². The Morgan fingerprint density at radius 3 is 2.66 bits per heavy atom. The lowest BCUT2D eigenvalue weighted by atomic mass is 9.82. The van der Waals surface area contributed by atoms with E-state index in [-0.39, 0.29) is 18.4 Å². The predicted octanol–water partition coefficient (Wildman–Crippen LogP) is 3.72. The highest BCUT2D eigenvalue weighted by molar-refractivity contribution is 6.07. The number of primary amides is 1. The molecule has 0 saturated carbocycles. The molecular formula is C27H27N3O2. The lowest BCUT2D eigenvalue weighted by molar-refractivity contribution is -0.124. The average Bonchev–Trinajstić information content (AvgIpc) is 3.31. The fraction of sp³-hybridized carbons (Fsp3) is 0.333. The first kappa shape index (κ1) is 19.4. The molecule has 6 rings (SSSR count). The van der Waals surface area contributed by atoms with Crippen molar-refractivity contribution < 1.29 is 9.59 Å². The van der Waals surface area contributed by atoms with Gasteiger partial charge in [-0.2, -0.15) is 0 Å². The minimum Gasteiger partial charge on any atom is -0.374 e. The van der Waals surface area contributed by atoms with Gasteiger partial charge >= 0.3 is 0 Å². The van der Waals surface area contributed by atoms with E-state index in [1.165, 1.54) is 22.4 Å². The molecule has 5 aliphatic rings. The molecule has 5 heteroatoms. The van der Waals surface area contributed by atoms with Gasteiger partial charge < -0.3 is 15.5 Å². The molecule has 0 radical (unpaired) electrons. The van der Waals surface area contributed by atoms with Crippen molar-refractivity contribution in [2.45, 2.75) is 37.6 Å². The Hall–Kier alpha value is -3.34. The van der Waals surface area contributed by atoms with Crippen LogP contribution < -0.4 is 10.6 Å². The van der Waals surface area contributed by atoms with E-state index in [0.29, 0.717) is 5.92 Å². The molecule has 1 aromatic rings. The van der Waals surface area contributed by atoms with Crippen molar-refractivity contribution in [1.29, 1.82) is 0 Å². The van der Waals surface area contributed by atoms with E-state index >= 15 is 0 Å². The van der Waals surface area contributed by atoms with Gasteiger partial charge in [0.1, 0.15) is 0 Å². The third-order valence-electron chi connectivity index (χ3n) is 7.61. The van der Waals surface area contributed by atoms with Gasteiger partial charge in [-0.3, -0.25) is 9.59 Å². The van der Waals surface area contributed by atoms with Gasteiger partial charge in [-0.15, -0.1) is 0 Å². The maximum atomic E-state index is 13.3. The smallest absolute Gasteiger partial charge is 0.235 e. The standard InChI is InChI=1S/C27H27N3O2/c28-25(31)16-22-20-8-1-2-10-23(20)30(27(22)32)19-11-13-29(14-12-19)24-15-18-7-3-5-17-6-4-9-21(24)26(17)18/h1-10,19,22,26H,11-16H2,(H2,28,31). The van der Waals surface area contributed by atoms with Crippen molar-refractivity contribution in [1.82, 2.24) is 4.90 Å². The van der Waals surface area contributed by atoms with E-state index in [2.05, 4.69) is 41.4 Å². The number of nitrogens with two attached hydrogens (primary N) is 1. The predicted molar refractivity (Wildman–Crippen MR) is 125 cm³/mol. The molecule has 0 bridgehead atoms. The SMILES string of the molecule is NC(=O)CC1C(=O)N(C2CCN(C3=C4C=CC=C5C=CC=C(C3)C54)CC2)c2ccccc21. The van der Waals surface area contributed by atoms with E-state index < -0.39 is 11.8 Å². The molecule has 2 unspecified atom stereocenters. The van der Waals surface area contributed by atoms with Gasteiger partial charge in [-0.1, -0.05) is 60.2 Å². The zero-order chi connectivity index (χ0) is 21.8. The van der Waals surface area contributed by atoms with Crippen LogP contribution in [0.3, 0.4) is 0 Å². The quantitative estimate of drug-likeness (QED) is 0.800. The molecule has 2 amide bonds. The van der Waals surface area contributed by atoms with Crippen LogP contribution in [0.15, 0.2) is 83.1 Å². The fourth-order valence-electron chi connectivity index (χ4n) is 6.18. The maximum Gasteiger partial charge on any atom is 0.235 e. The number of rotatable bonds is 4. The number of benzene rings is 1. The first-order valence-electron chi connectivity index (χ1n) is 11.6. The number of nitrogens with zero attached hydrogens (tertiary/aromatic N) is 2. The van der Waals surface area contributed by atoms with Crippen LogP contribution in [0.5, 0.6) is 0 Å². The summed E-state index contributed by atoms with van der Waals surface area (Å²) in [7, 11) is 0. The molecule has 32 heavy (non-hydrogen) atoms. The maximum absolute atomic E-state index is 13.3. The van der Waals surface area contributed by atoms with E-state index in [1.54, 1.807) is 0 Å². The molecule has 0 spiro atoms. The molecule has 5 nitrogen and oxygen atoms in total. The summed E-state index contributed by atoms with van der Waals surface area (Å²) < 4.78 is 0. The third-order valence-corrected chi connectivity index (χ3v) is 7.61. The number of hydrogen-bond donors (Lipinski definition) is 1. The van der Waals surface area contributed by atoms with Crippen LogP contribution in [0.25, 0.3) is 0 Å². The number of fused-ring (bicyclic) bond motifs is 1. The van der Waals surface area contributed by atoms with E-state index in [4.69, 9.17) is 5.73 Å². The van der Waals surface area contributed by atoms with Crippen molar-refractivity contribution in [3.05, 3.63) is 88.7 Å². The van der Waals surface area contributed by atoms with Crippen LogP contribution in [-0.2, 0) is 9.59 Å². The van der Waals surface area contributed by atoms with Crippen molar-refractivity contribution in [3.63, 3.8) is 0 Å². The Bertz CT molecular complexity index is 1160. The van der Waals surface area contributed by atoms with Crippen LogP contribution in [0.4, 0.5) is 5.69 Å². The van der Waals surface area contributed by atoms with Crippen molar-refractivity contribution in [2.75, 3.05) is 18.0 Å². The molecule has 2 aliphatic heterocycles. The van der Waals surface area contributed by atoms with Crippen LogP contribution in [0, 0.1) is 5.92 Å². The Morgan fingerprint density at radius 2 is 1.84 bits per heavy atom. The Kier molecular flexibility index (Phi) is 4.46. The number of carbonyl (C=O) groups excluding carboxylic acids is 2. The fourth-order valence-corrected chi connectivity index (χ4v) is 6.18. The molecule has 1 fully saturated rings. The minimum atomic E-state index is -0.443. The Balaban J connectivity index is 1.22. The lowest BCUT2D eigenvalue weighted by Gasteiger charge is -2.39. The van der Waals surface area contributed by atoms with Crippen molar-refractivity contribution in [2.24, 2.45) is 11.7 Å². The highest BCUT2D eigenvalue weighted by atomic mass is 16.2. The topological polar surface area (TPSA) is 66.6 Å². The molecule has 2 N–H and O–H groups in total. The summed E-state index contributed by atoms with van der Waals surface area (Å²) in [4.78, 5) is 29.4. The van der Waals surface area contributed by atoms with E-state index in [0.717, 1.165) is 43.6 Å². The number of piperidine rings is 1. The summed E-state index contributed by atoms with van der Waals surface area (Å²) in [5, 5.41) is 0. The normalized spacial score (nSPS) is 26.3. The van der Waals surface area contributed by atoms with Gasteiger partial charge in [0.2, 0.25) is 11.8 Å². The Labute approximate surface area is 188 Å². The van der Waals surface area contributed by atoms with Crippen molar-refractivity contribution >= 4 is 17.5 Å². The highest BCUT2D eigenvalue weighted by Gasteiger charge is 2.43. The van der Waals surface area contributed by atoms with Gasteiger partial charge in [0.25, 0.3) is 0 Å². The minimum absolute atomic E-state index is 0.0265. The van der Waals surface area contributed by atoms with Gasteiger partial charge in [0.15, 0.2) is 0 Å². The van der Waals surface area contributed by atoms with Crippen LogP contribution >= 0.6 is 0 Å². The van der Waals surface area contributed by atoms with Crippen molar-refractivity contribution in [3.8, 4) is 0 Å². The second kappa shape index (κ2) is 7.37. The summed E-state index contributed by atoms with van der Waals surface area (Å²) in [5.41, 5.74) is 13.1. The summed E-state index contributed by atoms with van der Waals surface area (Å²) in [5.74, 6) is -0.414. The van der Waals surface area contributed by atoms with Gasteiger partial charge in [-0.05, 0) is 35.6 Å². The van der Waals surface area contributed by atoms with E-state index in [1.807, 2.05) is 29.2 Å². The summed E-state index contributed by atoms with van der Waals surface area (Å²) in [6.45, 7) is 1.88. The molecule has 0 aromatic heterocycles. The number of carbonyl (C=O) groups is 2. The number of anilines is 1. The second-order valence-corrected chi connectivity index (χ2v) is 9.35. The third kappa shape index (κ3) is 2.91. The molecule has 2 atom stereocenters. The van der Waals surface area contributed by atoms with Gasteiger partial charge in [-0.25, -0.2) is 0 Å². The largest absolute Gasteiger partial charge is 0.374 e. The number of hydrogen-bond acceptors (Lipinski definition) is 3. The molecule has 162 valence electrons. The first-order chi connectivity index (χ1) is 15.6. The molecule has 1 saturated heterocycles. The molecule has 3 aliphatic carbocycles. The highest BCUT2D eigenvalue weighted by Crippen LogP contribution is 2.48. The monoisotopic (exact) mass is 425 g/mol. The number of amides is 2. The summed E-state index contributed by atoms with van der Waals surface area (Å²) >= 11 is 0. The summed E-state index contributed by atoms with van der Waals surface area (Å²) in [6, 6.07) is 8.03. The second-order valence-electron chi connectivity index (χ2n) is 9.35. The number of likely N-dealkylation sites (tertiary alicyclic amines) is 1. The zero-order valence-corrected chi connectivity index (χ0v) is 18.0. The molecular weight excluding hydrogens is 398 g/mol.